The molecule has 1 heterocycles. The Bertz CT molecular complexity index is 391. The fraction of sp³-hybridized carbons (Fsp3) is 0.500. The van der Waals surface area contributed by atoms with Crippen LogP contribution < -0.4 is 0 Å². The number of thioether (sulfide) groups is 1. The number of hydrogen-bond acceptors (Lipinski definition) is 2. The van der Waals surface area contributed by atoms with Crippen LogP contribution in [0.3, 0.4) is 0 Å². The summed E-state index contributed by atoms with van der Waals surface area (Å²) in [5, 5.41) is 0. The van der Waals surface area contributed by atoms with Gasteiger partial charge in [0, 0.05) is 11.2 Å². The SMILES string of the molecule is C/C(=C/OCC1(C)CCCSC1)c1ccccc1. The minimum atomic E-state index is 0.358. The largest absolute Gasteiger partial charge is 0.500 e. The summed E-state index contributed by atoms with van der Waals surface area (Å²) in [6, 6.07) is 10.4. The van der Waals surface area contributed by atoms with E-state index in [1.165, 1.54) is 35.5 Å². The monoisotopic (exact) mass is 262 g/mol. The molecular weight excluding hydrogens is 240 g/mol. The third kappa shape index (κ3) is 3.81. The molecule has 2 rings (SSSR count). The fourth-order valence-corrected chi connectivity index (χ4v) is 3.46. The van der Waals surface area contributed by atoms with Gasteiger partial charge in [-0.25, -0.2) is 0 Å². The van der Waals surface area contributed by atoms with Gasteiger partial charge in [0.1, 0.15) is 0 Å². The van der Waals surface area contributed by atoms with E-state index in [1.807, 2.05) is 12.3 Å². The second kappa shape index (κ2) is 6.33. The summed E-state index contributed by atoms with van der Waals surface area (Å²) in [5.74, 6) is 2.54. The van der Waals surface area contributed by atoms with E-state index >= 15 is 0 Å². The first kappa shape index (κ1) is 13.5. The van der Waals surface area contributed by atoms with Crippen LogP contribution >= 0.6 is 11.8 Å². The van der Waals surface area contributed by atoms with Gasteiger partial charge in [-0.2, -0.15) is 11.8 Å². The van der Waals surface area contributed by atoms with E-state index < -0.39 is 0 Å². The van der Waals surface area contributed by atoms with Gasteiger partial charge < -0.3 is 4.74 Å². The lowest BCUT2D eigenvalue weighted by molar-refractivity contribution is 0.131. The van der Waals surface area contributed by atoms with Crippen molar-refractivity contribution in [1.82, 2.24) is 0 Å². The number of allylic oxidation sites excluding steroid dienone is 1. The second-order valence-electron chi connectivity index (χ2n) is 5.44. The molecule has 0 aliphatic carbocycles. The number of benzene rings is 1. The lowest BCUT2D eigenvalue weighted by Gasteiger charge is -2.32. The number of rotatable bonds is 4. The summed E-state index contributed by atoms with van der Waals surface area (Å²) in [5.41, 5.74) is 2.79. The predicted molar refractivity (Wildman–Crippen MR) is 80.7 cm³/mol. The van der Waals surface area contributed by atoms with E-state index in [9.17, 15) is 0 Å². The molecule has 1 aliphatic rings. The maximum absolute atomic E-state index is 5.82. The van der Waals surface area contributed by atoms with Crippen molar-refractivity contribution >= 4 is 17.3 Å². The zero-order chi connectivity index (χ0) is 12.8. The molecule has 2 heteroatoms. The average Bonchev–Trinajstić information content (AvgIpc) is 2.40. The van der Waals surface area contributed by atoms with Crippen LogP contribution in [0.2, 0.25) is 0 Å². The standard InChI is InChI=1S/C16H22OS/c1-14(15-7-4-3-5-8-15)11-17-12-16(2)9-6-10-18-13-16/h3-5,7-8,11H,6,9-10,12-13H2,1-2H3/b14-11-. The zero-order valence-corrected chi connectivity index (χ0v) is 12.1. The maximum Gasteiger partial charge on any atom is 0.0934 e. The Hall–Kier alpha value is -0.890. The summed E-state index contributed by atoms with van der Waals surface area (Å²) < 4.78 is 5.82. The van der Waals surface area contributed by atoms with Gasteiger partial charge in [-0.3, -0.25) is 0 Å². The van der Waals surface area contributed by atoms with Crippen LogP contribution in [0.4, 0.5) is 0 Å². The van der Waals surface area contributed by atoms with E-state index in [-0.39, 0.29) is 0 Å². The van der Waals surface area contributed by atoms with Crippen LogP contribution in [0.25, 0.3) is 5.57 Å². The van der Waals surface area contributed by atoms with Crippen LogP contribution in [0, 0.1) is 5.41 Å². The molecule has 1 fully saturated rings. The van der Waals surface area contributed by atoms with Crippen molar-refractivity contribution in [3.8, 4) is 0 Å². The smallest absolute Gasteiger partial charge is 0.0934 e. The summed E-state index contributed by atoms with van der Waals surface area (Å²) >= 11 is 2.06. The van der Waals surface area contributed by atoms with Crippen LogP contribution in [0.5, 0.6) is 0 Å². The highest BCUT2D eigenvalue weighted by Crippen LogP contribution is 2.34. The van der Waals surface area contributed by atoms with Gasteiger partial charge in [0.15, 0.2) is 0 Å². The molecule has 18 heavy (non-hydrogen) atoms. The molecule has 1 aromatic rings. The van der Waals surface area contributed by atoms with Crippen LogP contribution in [-0.4, -0.2) is 18.1 Å². The van der Waals surface area contributed by atoms with Crippen molar-refractivity contribution in [2.45, 2.75) is 26.7 Å². The Morgan fingerprint density at radius 2 is 2.17 bits per heavy atom. The molecule has 1 saturated heterocycles. The highest BCUT2D eigenvalue weighted by Gasteiger charge is 2.27. The summed E-state index contributed by atoms with van der Waals surface area (Å²) in [6.45, 7) is 5.28. The molecule has 0 N–H and O–H groups in total. The first-order chi connectivity index (χ1) is 8.70. The van der Waals surface area contributed by atoms with Gasteiger partial charge in [-0.15, -0.1) is 0 Å². The van der Waals surface area contributed by atoms with Gasteiger partial charge >= 0.3 is 0 Å². The number of hydrogen-bond donors (Lipinski definition) is 0. The quantitative estimate of drug-likeness (QED) is 0.734. The van der Waals surface area contributed by atoms with Gasteiger partial charge in [-0.1, -0.05) is 37.3 Å². The molecule has 0 saturated carbocycles. The zero-order valence-electron chi connectivity index (χ0n) is 11.3. The van der Waals surface area contributed by atoms with Crippen molar-refractivity contribution in [2.24, 2.45) is 5.41 Å². The van der Waals surface area contributed by atoms with Crippen LogP contribution in [-0.2, 0) is 4.74 Å². The van der Waals surface area contributed by atoms with Crippen molar-refractivity contribution in [2.75, 3.05) is 18.1 Å². The van der Waals surface area contributed by atoms with Crippen LogP contribution in [0.1, 0.15) is 32.3 Å². The Kier molecular flexibility index (Phi) is 4.76. The van der Waals surface area contributed by atoms with Crippen LogP contribution in [0.15, 0.2) is 36.6 Å². The van der Waals surface area contributed by atoms with E-state index in [0.29, 0.717) is 5.41 Å². The van der Waals surface area contributed by atoms with Gasteiger partial charge in [0.05, 0.1) is 12.9 Å². The van der Waals surface area contributed by atoms with E-state index in [2.05, 4.69) is 49.9 Å². The molecule has 1 atom stereocenters. The third-order valence-corrected chi connectivity index (χ3v) is 4.92. The lowest BCUT2D eigenvalue weighted by atomic mass is 9.88. The van der Waals surface area contributed by atoms with Crippen molar-refractivity contribution in [1.29, 1.82) is 0 Å². The number of ether oxygens (including phenoxy) is 1. The molecule has 1 nitrogen and oxygen atoms in total. The molecule has 0 spiro atoms. The molecule has 1 unspecified atom stereocenters. The highest BCUT2D eigenvalue weighted by atomic mass is 32.2. The molecule has 1 aromatic carbocycles. The topological polar surface area (TPSA) is 9.23 Å². The van der Waals surface area contributed by atoms with Crippen molar-refractivity contribution in [3.63, 3.8) is 0 Å². The van der Waals surface area contributed by atoms with Gasteiger partial charge in [0.25, 0.3) is 0 Å². The predicted octanol–water partition coefficient (Wildman–Crippen LogP) is 4.60. The fourth-order valence-electron chi connectivity index (χ4n) is 2.24. The highest BCUT2D eigenvalue weighted by molar-refractivity contribution is 7.99. The first-order valence-corrected chi connectivity index (χ1v) is 7.77. The van der Waals surface area contributed by atoms with Crippen molar-refractivity contribution in [3.05, 3.63) is 42.2 Å². The van der Waals surface area contributed by atoms with Crippen molar-refractivity contribution < 1.29 is 4.74 Å². The Labute approximate surface area is 115 Å². The molecule has 0 bridgehead atoms. The molecule has 0 amide bonds. The first-order valence-electron chi connectivity index (χ1n) is 6.61. The van der Waals surface area contributed by atoms with E-state index in [4.69, 9.17) is 4.74 Å². The normalized spacial score (nSPS) is 24.9. The van der Waals surface area contributed by atoms with Gasteiger partial charge in [-0.05, 0) is 36.7 Å². The maximum atomic E-state index is 5.82. The molecular formula is C16H22OS. The minimum absolute atomic E-state index is 0.358. The Morgan fingerprint density at radius 3 is 2.83 bits per heavy atom. The third-order valence-electron chi connectivity index (χ3n) is 3.44. The summed E-state index contributed by atoms with van der Waals surface area (Å²) in [6.07, 6.45) is 4.53. The minimum Gasteiger partial charge on any atom is -0.500 e. The van der Waals surface area contributed by atoms with E-state index in [0.717, 1.165) is 6.61 Å². The Balaban J connectivity index is 1.87. The molecule has 0 radical (unpaired) electrons. The lowest BCUT2D eigenvalue weighted by Crippen LogP contribution is -2.28. The van der Waals surface area contributed by atoms with Gasteiger partial charge in [0.2, 0.25) is 0 Å². The average molecular weight is 262 g/mol. The Morgan fingerprint density at radius 1 is 1.39 bits per heavy atom. The molecule has 98 valence electrons. The molecule has 0 aromatic heterocycles. The summed E-state index contributed by atoms with van der Waals surface area (Å²) in [7, 11) is 0. The summed E-state index contributed by atoms with van der Waals surface area (Å²) in [4.78, 5) is 0. The second-order valence-corrected chi connectivity index (χ2v) is 6.55. The van der Waals surface area contributed by atoms with E-state index in [1.54, 1.807) is 0 Å². The molecule has 1 aliphatic heterocycles.